The quantitative estimate of drug-likeness (QED) is 0.801. The summed E-state index contributed by atoms with van der Waals surface area (Å²) in [5.41, 5.74) is 1.82. The van der Waals surface area contributed by atoms with Gasteiger partial charge in [-0.05, 0) is 12.1 Å². The molecule has 1 aliphatic heterocycles. The zero-order chi connectivity index (χ0) is 12.3. The lowest BCUT2D eigenvalue weighted by Gasteiger charge is -2.13. The summed E-state index contributed by atoms with van der Waals surface area (Å²) in [6.45, 7) is 0.617. The molecule has 1 aliphatic rings. The van der Waals surface area contributed by atoms with Crippen LogP contribution in [0.5, 0.6) is 17.2 Å². The van der Waals surface area contributed by atoms with Gasteiger partial charge >= 0.3 is 0 Å². The SMILES string of the molecule is COc1cc(C2=NOCC2)cc(OC)c1OC. The maximum absolute atomic E-state index is 5.28. The summed E-state index contributed by atoms with van der Waals surface area (Å²) in [5, 5.41) is 3.98. The molecule has 92 valence electrons. The highest BCUT2D eigenvalue weighted by atomic mass is 16.6. The Hall–Kier alpha value is -1.91. The number of hydrogen-bond acceptors (Lipinski definition) is 5. The summed E-state index contributed by atoms with van der Waals surface area (Å²) in [7, 11) is 4.76. The van der Waals surface area contributed by atoms with Crippen molar-refractivity contribution >= 4 is 5.71 Å². The van der Waals surface area contributed by atoms with Crippen molar-refractivity contribution in [2.75, 3.05) is 27.9 Å². The first-order valence-electron chi connectivity index (χ1n) is 5.29. The van der Waals surface area contributed by atoms with E-state index in [0.717, 1.165) is 17.7 Å². The fourth-order valence-electron chi connectivity index (χ4n) is 1.76. The van der Waals surface area contributed by atoms with Gasteiger partial charge in [0.05, 0.1) is 27.0 Å². The lowest BCUT2D eigenvalue weighted by atomic mass is 10.1. The van der Waals surface area contributed by atoms with Crippen molar-refractivity contribution in [3.63, 3.8) is 0 Å². The second-order valence-electron chi connectivity index (χ2n) is 3.54. The monoisotopic (exact) mass is 237 g/mol. The van der Waals surface area contributed by atoms with Crippen LogP contribution in [0.25, 0.3) is 0 Å². The van der Waals surface area contributed by atoms with Crippen molar-refractivity contribution in [1.29, 1.82) is 0 Å². The minimum Gasteiger partial charge on any atom is -0.493 e. The van der Waals surface area contributed by atoms with Gasteiger partial charge in [-0.3, -0.25) is 0 Å². The van der Waals surface area contributed by atoms with Crippen molar-refractivity contribution in [3.05, 3.63) is 17.7 Å². The van der Waals surface area contributed by atoms with Crippen molar-refractivity contribution in [1.82, 2.24) is 0 Å². The van der Waals surface area contributed by atoms with Crippen molar-refractivity contribution in [2.24, 2.45) is 5.16 Å². The van der Waals surface area contributed by atoms with Gasteiger partial charge in [0.15, 0.2) is 11.5 Å². The maximum Gasteiger partial charge on any atom is 0.203 e. The molecule has 2 rings (SSSR count). The van der Waals surface area contributed by atoms with Crippen LogP contribution >= 0.6 is 0 Å². The predicted octanol–water partition coefficient (Wildman–Crippen LogP) is 1.84. The number of nitrogens with zero attached hydrogens (tertiary/aromatic N) is 1. The van der Waals surface area contributed by atoms with Gasteiger partial charge in [-0.25, -0.2) is 0 Å². The summed E-state index contributed by atoms with van der Waals surface area (Å²) in [4.78, 5) is 4.99. The number of rotatable bonds is 4. The Morgan fingerprint density at radius 2 is 1.71 bits per heavy atom. The predicted molar refractivity (Wildman–Crippen MR) is 63.2 cm³/mol. The van der Waals surface area contributed by atoms with Gasteiger partial charge in [-0.15, -0.1) is 0 Å². The minimum atomic E-state index is 0.582. The molecule has 5 nitrogen and oxygen atoms in total. The topological polar surface area (TPSA) is 49.3 Å². The molecule has 0 bridgehead atoms. The van der Waals surface area contributed by atoms with Gasteiger partial charge in [-0.1, -0.05) is 5.16 Å². The number of benzene rings is 1. The summed E-state index contributed by atoms with van der Waals surface area (Å²) in [6.07, 6.45) is 0.790. The molecule has 0 saturated carbocycles. The Bertz CT molecular complexity index is 417. The van der Waals surface area contributed by atoms with E-state index in [1.807, 2.05) is 12.1 Å². The molecule has 1 heterocycles. The number of ether oxygens (including phenoxy) is 3. The maximum atomic E-state index is 5.28. The standard InChI is InChI=1S/C12H15NO4/c1-14-10-6-8(9-4-5-17-13-9)7-11(15-2)12(10)16-3/h6-7H,4-5H2,1-3H3. The van der Waals surface area contributed by atoms with Gasteiger partial charge in [0.2, 0.25) is 5.75 Å². The third-order valence-corrected chi connectivity index (χ3v) is 2.60. The Morgan fingerprint density at radius 3 is 2.12 bits per heavy atom. The van der Waals surface area contributed by atoms with E-state index in [1.54, 1.807) is 21.3 Å². The van der Waals surface area contributed by atoms with E-state index in [9.17, 15) is 0 Å². The van der Waals surface area contributed by atoms with Crippen LogP contribution in [-0.4, -0.2) is 33.6 Å². The van der Waals surface area contributed by atoms with Crippen molar-refractivity contribution in [2.45, 2.75) is 6.42 Å². The molecule has 0 aromatic heterocycles. The van der Waals surface area contributed by atoms with Crippen LogP contribution in [0.4, 0.5) is 0 Å². The smallest absolute Gasteiger partial charge is 0.203 e. The summed E-state index contributed by atoms with van der Waals surface area (Å²) >= 11 is 0. The highest BCUT2D eigenvalue weighted by Gasteiger charge is 2.18. The first-order chi connectivity index (χ1) is 8.30. The Morgan fingerprint density at radius 1 is 1.06 bits per heavy atom. The molecule has 0 radical (unpaired) electrons. The minimum absolute atomic E-state index is 0.582. The highest BCUT2D eigenvalue weighted by molar-refractivity contribution is 6.02. The Balaban J connectivity index is 2.48. The lowest BCUT2D eigenvalue weighted by Crippen LogP contribution is -2.01. The molecular formula is C12H15NO4. The molecule has 5 heteroatoms. The van der Waals surface area contributed by atoms with Gasteiger partial charge in [0, 0.05) is 12.0 Å². The summed E-state index contributed by atoms with van der Waals surface area (Å²) in [5.74, 6) is 1.83. The van der Waals surface area contributed by atoms with Gasteiger partial charge < -0.3 is 19.0 Å². The normalized spacial score (nSPS) is 13.9. The van der Waals surface area contributed by atoms with Gasteiger partial charge in [0.25, 0.3) is 0 Å². The van der Waals surface area contributed by atoms with E-state index in [2.05, 4.69) is 5.16 Å². The van der Waals surface area contributed by atoms with Gasteiger partial charge in [-0.2, -0.15) is 0 Å². The summed E-state index contributed by atoms with van der Waals surface area (Å²) in [6, 6.07) is 3.74. The molecule has 0 aliphatic carbocycles. The van der Waals surface area contributed by atoms with Gasteiger partial charge in [0.1, 0.15) is 6.61 Å². The van der Waals surface area contributed by atoms with E-state index in [1.165, 1.54) is 0 Å². The second kappa shape index (κ2) is 4.95. The third-order valence-electron chi connectivity index (χ3n) is 2.60. The van der Waals surface area contributed by atoms with E-state index < -0.39 is 0 Å². The van der Waals surface area contributed by atoms with Crippen LogP contribution in [0.2, 0.25) is 0 Å². The first kappa shape index (κ1) is 11.6. The Kier molecular flexibility index (Phi) is 3.37. The molecule has 0 saturated heterocycles. The first-order valence-corrected chi connectivity index (χ1v) is 5.29. The van der Waals surface area contributed by atoms with Crippen LogP contribution in [0.1, 0.15) is 12.0 Å². The van der Waals surface area contributed by atoms with Crippen LogP contribution in [0.15, 0.2) is 17.3 Å². The lowest BCUT2D eigenvalue weighted by molar-refractivity contribution is 0.174. The van der Waals surface area contributed by atoms with Crippen LogP contribution in [0, 0.1) is 0 Å². The van der Waals surface area contributed by atoms with Crippen LogP contribution in [0.3, 0.4) is 0 Å². The average molecular weight is 237 g/mol. The van der Waals surface area contributed by atoms with E-state index in [-0.39, 0.29) is 0 Å². The Labute approximate surface area is 99.9 Å². The molecule has 0 fully saturated rings. The molecule has 0 spiro atoms. The van der Waals surface area contributed by atoms with Crippen LogP contribution in [-0.2, 0) is 4.84 Å². The van der Waals surface area contributed by atoms with Crippen LogP contribution < -0.4 is 14.2 Å². The summed E-state index contributed by atoms with van der Waals surface area (Å²) < 4.78 is 15.8. The van der Waals surface area contributed by atoms with Crippen molar-refractivity contribution in [3.8, 4) is 17.2 Å². The zero-order valence-electron chi connectivity index (χ0n) is 10.1. The second-order valence-corrected chi connectivity index (χ2v) is 3.54. The number of methoxy groups -OCH3 is 3. The van der Waals surface area contributed by atoms with E-state index >= 15 is 0 Å². The molecule has 17 heavy (non-hydrogen) atoms. The van der Waals surface area contributed by atoms with Crippen molar-refractivity contribution < 1.29 is 19.0 Å². The average Bonchev–Trinajstić information content (AvgIpc) is 2.90. The number of oxime groups is 1. The highest BCUT2D eigenvalue weighted by Crippen LogP contribution is 2.38. The fraction of sp³-hybridized carbons (Fsp3) is 0.417. The molecular weight excluding hydrogens is 222 g/mol. The molecule has 0 unspecified atom stereocenters. The molecule has 0 atom stereocenters. The fourth-order valence-corrected chi connectivity index (χ4v) is 1.76. The largest absolute Gasteiger partial charge is 0.493 e. The molecule has 1 aromatic rings. The third kappa shape index (κ3) is 2.13. The van der Waals surface area contributed by atoms with E-state index in [0.29, 0.717) is 23.9 Å². The number of hydrogen-bond donors (Lipinski definition) is 0. The molecule has 0 N–H and O–H groups in total. The molecule has 1 aromatic carbocycles. The zero-order valence-corrected chi connectivity index (χ0v) is 10.1. The van der Waals surface area contributed by atoms with E-state index in [4.69, 9.17) is 19.0 Å². The molecule has 0 amide bonds.